The Bertz CT molecular complexity index is 454. The third-order valence-electron chi connectivity index (χ3n) is 3.43. The highest BCUT2D eigenvalue weighted by atomic mass is 16.3. The number of nitrogens with two attached hydrogens (primary N) is 1. The fourth-order valence-corrected chi connectivity index (χ4v) is 2.35. The highest BCUT2D eigenvalue weighted by Gasteiger charge is 2.19. The van der Waals surface area contributed by atoms with E-state index in [0.717, 1.165) is 31.6 Å². The lowest BCUT2D eigenvalue weighted by Gasteiger charge is -2.32. The Balaban J connectivity index is 2.13. The Hall–Kier alpha value is -1.75. The van der Waals surface area contributed by atoms with Gasteiger partial charge in [-0.05, 0) is 38.0 Å². The average Bonchev–Trinajstić information content (AvgIpc) is 2.40. The van der Waals surface area contributed by atoms with Crippen molar-refractivity contribution in [2.24, 2.45) is 0 Å². The first kappa shape index (κ1) is 13.7. The first-order valence-corrected chi connectivity index (χ1v) is 6.72. The van der Waals surface area contributed by atoms with Gasteiger partial charge in [-0.3, -0.25) is 4.79 Å². The molecule has 0 radical (unpaired) electrons. The minimum absolute atomic E-state index is 0.102. The molecular weight excluding hydrogens is 242 g/mol. The zero-order valence-electron chi connectivity index (χ0n) is 11.2. The van der Waals surface area contributed by atoms with Crippen molar-refractivity contribution in [3.05, 3.63) is 23.8 Å². The van der Waals surface area contributed by atoms with Gasteiger partial charge in [0.25, 0.3) is 5.91 Å². The zero-order chi connectivity index (χ0) is 13.8. The SMILES string of the molecule is CCNC(=O)c1ccc(N2CCC(O)CC2)c(N)c1. The van der Waals surface area contributed by atoms with Gasteiger partial charge in [0.05, 0.1) is 17.5 Å². The highest BCUT2D eigenvalue weighted by molar-refractivity contribution is 5.96. The molecule has 0 saturated carbocycles. The molecule has 0 aromatic heterocycles. The van der Waals surface area contributed by atoms with Crippen LogP contribution in [0.2, 0.25) is 0 Å². The quantitative estimate of drug-likeness (QED) is 0.710. The van der Waals surface area contributed by atoms with Gasteiger partial charge in [0, 0.05) is 25.2 Å². The predicted molar refractivity (Wildman–Crippen MR) is 76.3 cm³/mol. The van der Waals surface area contributed by atoms with Crippen LogP contribution in [0, 0.1) is 0 Å². The summed E-state index contributed by atoms with van der Waals surface area (Å²) in [6.07, 6.45) is 1.32. The number of nitrogens with one attached hydrogen (secondary N) is 1. The largest absolute Gasteiger partial charge is 0.397 e. The lowest BCUT2D eigenvalue weighted by Crippen LogP contribution is -2.36. The van der Waals surface area contributed by atoms with E-state index in [1.165, 1.54) is 0 Å². The van der Waals surface area contributed by atoms with E-state index < -0.39 is 0 Å². The number of nitrogens with zero attached hydrogens (tertiary/aromatic N) is 1. The van der Waals surface area contributed by atoms with Gasteiger partial charge in [0.1, 0.15) is 0 Å². The number of nitrogen functional groups attached to an aromatic ring is 1. The van der Waals surface area contributed by atoms with Crippen molar-refractivity contribution in [2.75, 3.05) is 30.3 Å². The van der Waals surface area contributed by atoms with E-state index in [9.17, 15) is 9.90 Å². The smallest absolute Gasteiger partial charge is 0.251 e. The van der Waals surface area contributed by atoms with Crippen LogP contribution in [0.3, 0.4) is 0 Å². The molecule has 1 aliphatic rings. The van der Waals surface area contributed by atoms with Crippen LogP contribution in [-0.4, -0.2) is 36.8 Å². The highest BCUT2D eigenvalue weighted by Crippen LogP contribution is 2.27. The van der Waals surface area contributed by atoms with E-state index in [1.54, 1.807) is 12.1 Å². The summed E-state index contributed by atoms with van der Waals surface area (Å²) in [6.45, 7) is 4.08. The van der Waals surface area contributed by atoms with E-state index in [2.05, 4.69) is 10.2 Å². The molecule has 1 saturated heterocycles. The number of amides is 1. The molecule has 0 unspecified atom stereocenters. The first-order chi connectivity index (χ1) is 9.11. The zero-order valence-corrected chi connectivity index (χ0v) is 11.2. The van der Waals surface area contributed by atoms with Crippen molar-refractivity contribution < 1.29 is 9.90 Å². The fraction of sp³-hybridized carbons (Fsp3) is 0.500. The topological polar surface area (TPSA) is 78.6 Å². The summed E-state index contributed by atoms with van der Waals surface area (Å²) >= 11 is 0. The number of aliphatic hydroxyl groups is 1. The second kappa shape index (κ2) is 5.93. The predicted octanol–water partition coefficient (Wildman–Crippen LogP) is 0.980. The summed E-state index contributed by atoms with van der Waals surface area (Å²) in [5.74, 6) is -0.102. The van der Waals surface area contributed by atoms with Crippen molar-refractivity contribution in [1.29, 1.82) is 0 Å². The molecule has 19 heavy (non-hydrogen) atoms. The number of rotatable bonds is 3. The standard InChI is InChI=1S/C14H21N3O2/c1-2-16-14(19)10-3-4-13(12(15)9-10)17-7-5-11(18)6-8-17/h3-4,9,11,18H,2,5-8,15H2,1H3,(H,16,19). The van der Waals surface area contributed by atoms with Crippen molar-refractivity contribution in [2.45, 2.75) is 25.9 Å². The summed E-state index contributed by atoms with van der Waals surface area (Å²) in [7, 11) is 0. The molecule has 5 nitrogen and oxygen atoms in total. The van der Waals surface area contributed by atoms with Gasteiger partial charge in [0.15, 0.2) is 0 Å². The fourth-order valence-electron chi connectivity index (χ4n) is 2.35. The maximum Gasteiger partial charge on any atom is 0.251 e. The van der Waals surface area contributed by atoms with Crippen LogP contribution in [0.15, 0.2) is 18.2 Å². The molecule has 5 heteroatoms. The van der Waals surface area contributed by atoms with E-state index >= 15 is 0 Å². The lowest BCUT2D eigenvalue weighted by atomic mass is 10.1. The molecule has 0 atom stereocenters. The number of benzene rings is 1. The molecule has 104 valence electrons. The maximum absolute atomic E-state index is 11.7. The molecule has 1 aliphatic heterocycles. The number of hydrogen-bond donors (Lipinski definition) is 3. The Morgan fingerprint density at radius 3 is 2.74 bits per heavy atom. The molecule has 1 aromatic carbocycles. The number of aliphatic hydroxyl groups excluding tert-OH is 1. The van der Waals surface area contributed by atoms with Crippen molar-refractivity contribution >= 4 is 17.3 Å². The number of hydrogen-bond acceptors (Lipinski definition) is 4. The van der Waals surface area contributed by atoms with Gasteiger partial charge >= 0.3 is 0 Å². The number of anilines is 2. The molecule has 4 N–H and O–H groups in total. The first-order valence-electron chi connectivity index (χ1n) is 6.72. The maximum atomic E-state index is 11.7. The molecule has 1 fully saturated rings. The van der Waals surface area contributed by atoms with Gasteiger partial charge < -0.3 is 21.1 Å². The molecule has 0 bridgehead atoms. The van der Waals surface area contributed by atoms with E-state index in [4.69, 9.17) is 5.73 Å². The van der Waals surface area contributed by atoms with Crippen LogP contribution in [0.1, 0.15) is 30.1 Å². The van der Waals surface area contributed by atoms with Crippen LogP contribution >= 0.6 is 0 Å². The number of carbonyl (C=O) groups is 1. The minimum atomic E-state index is -0.202. The van der Waals surface area contributed by atoms with Crippen molar-refractivity contribution in [3.8, 4) is 0 Å². The minimum Gasteiger partial charge on any atom is -0.397 e. The van der Waals surface area contributed by atoms with Gasteiger partial charge in [-0.2, -0.15) is 0 Å². The van der Waals surface area contributed by atoms with E-state index in [-0.39, 0.29) is 12.0 Å². The summed E-state index contributed by atoms with van der Waals surface area (Å²) in [5, 5.41) is 12.3. The normalized spacial score (nSPS) is 16.4. The second-order valence-electron chi connectivity index (χ2n) is 4.85. The van der Waals surface area contributed by atoms with Crippen LogP contribution in [0.4, 0.5) is 11.4 Å². The van der Waals surface area contributed by atoms with Gasteiger partial charge in [0.2, 0.25) is 0 Å². The van der Waals surface area contributed by atoms with E-state index in [1.807, 2.05) is 13.0 Å². The second-order valence-corrected chi connectivity index (χ2v) is 4.85. The van der Waals surface area contributed by atoms with Crippen LogP contribution in [0.5, 0.6) is 0 Å². The summed E-state index contributed by atoms with van der Waals surface area (Å²) in [5.41, 5.74) is 8.18. The summed E-state index contributed by atoms with van der Waals surface area (Å²) < 4.78 is 0. The van der Waals surface area contributed by atoms with E-state index in [0.29, 0.717) is 17.8 Å². The Labute approximate surface area is 113 Å². The van der Waals surface area contributed by atoms with Gasteiger partial charge in [-0.25, -0.2) is 0 Å². The van der Waals surface area contributed by atoms with Gasteiger partial charge in [-0.15, -0.1) is 0 Å². The van der Waals surface area contributed by atoms with Gasteiger partial charge in [-0.1, -0.05) is 0 Å². The van der Waals surface area contributed by atoms with Crippen LogP contribution in [-0.2, 0) is 0 Å². The average molecular weight is 263 g/mol. The Morgan fingerprint density at radius 2 is 2.16 bits per heavy atom. The molecule has 1 amide bonds. The third-order valence-corrected chi connectivity index (χ3v) is 3.43. The Kier molecular flexibility index (Phi) is 4.27. The Morgan fingerprint density at radius 1 is 1.47 bits per heavy atom. The number of piperidine rings is 1. The molecule has 1 heterocycles. The number of carbonyl (C=O) groups excluding carboxylic acids is 1. The van der Waals surface area contributed by atoms with Crippen LogP contribution < -0.4 is 16.0 Å². The summed E-state index contributed by atoms with van der Waals surface area (Å²) in [4.78, 5) is 13.9. The van der Waals surface area contributed by atoms with Crippen molar-refractivity contribution in [1.82, 2.24) is 5.32 Å². The third kappa shape index (κ3) is 3.17. The molecule has 0 spiro atoms. The monoisotopic (exact) mass is 263 g/mol. The lowest BCUT2D eigenvalue weighted by molar-refractivity contribution is 0.0956. The van der Waals surface area contributed by atoms with Crippen LogP contribution in [0.25, 0.3) is 0 Å². The molecule has 2 rings (SSSR count). The molecular formula is C14H21N3O2. The summed E-state index contributed by atoms with van der Waals surface area (Å²) in [6, 6.07) is 5.39. The molecule has 0 aliphatic carbocycles. The van der Waals surface area contributed by atoms with Crippen molar-refractivity contribution in [3.63, 3.8) is 0 Å². The molecule has 1 aromatic rings.